The summed E-state index contributed by atoms with van der Waals surface area (Å²) in [5.74, 6) is 0.942. The highest BCUT2D eigenvalue weighted by atomic mass is 35.5. The molecule has 3 aromatic rings. The highest BCUT2D eigenvalue weighted by Crippen LogP contribution is 2.36. The van der Waals surface area contributed by atoms with Gasteiger partial charge in [-0.05, 0) is 32.3 Å². The maximum absolute atomic E-state index is 14.2. The lowest BCUT2D eigenvalue weighted by Gasteiger charge is -2.24. The molecule has 0 bridgehead atoms. The molecule has 170 valence electrons. The summed E-state index contributed by atoms with van der Waals surface area (Å²) in [5.41, 5.74) is 8.65. The van der Waals surface area contributed by atoms with Crippen LogP contribution in [-0.2, 0) is 0 Å². The van der Waals surface area contributed by atoms with E-state index in [4.69, 9.17) is 22.1 Å². The molecule has 1 aromatic heterocycles. The highest BCUT2D eigenvalue weighted by molar-refractivity contribution is 6.31. The Morgan fingerprint density at radius 1 is 1.03 bits per heavy atom. The molecule has 0 unspecified atom stereocenters. The van der Waals surface area contributed by atoms with Crippen LogP contribution in [0, 0.1) is 5.82 Å². The first-order valence-corrected chi connectivity index (χ1v) is 10.3. The number of anilines is 6. The Balaban J connectivity index is 1.81. The SMILES string of the molecule is COc1cc(N(C)CCN(C)C)c(N)cc1Nc1cc(Nc2cccc(Cl)c2F)ncn1. The van der Waals surface area contributed by atoms with Gasteiger partial charge in [0.1, 0.15) is 23.7 Å². The van der Waals surface area contributed by atoms with Gasteiger partial charge in [-0.15, -0.1) is 0 Å². The standard InChI is InChI=1S/C22H27ClFN7O/c1-30(2)8-9-31(3)18-11-19(32-4)17(10-15(18)25)29-21-12-20(26-13-27-21)28-16-7-5-6-14(23)22(16)24/h5-7,10-13H,8-9,25H2,1-4H3,(H2,26,27,28,29). The molecule has 0 fully saturated rings. The zero-order valence-electron chi connectivity index (χ0n) is 18.5. The first-order valence-electron chi connectivity index (χ1n) is 9.92. The number of hydrogen-bond acceptors (Lipinski definition) is 8. The van der Waals surface area contributed by atoms with Gasteiger partial charge in [0.2, 0.25) is 0 Å². The van der Waals surface area contributed by atoms with Gasteiger partial charge in [-0.25, -0.2) is 14.4 Å². The lowest BCUT2D eigenvalue weighted by atomic mass is 10.2. The minimum Gasteiger partial charge on any atom is -0.494 e. The summed E-state index contributed by atoms with van der Waals surface area (Å²) in [7, 11) is 7.63. The van der Waals surface area contributed by atoms with Crippen molar-refractivity contribution in [1.82, 2.24) is 14.9 Å². The van der Waals surface area contributed by atoms with E-state index in [0.717, 1.165) is 18.8 Å². The van der Waals surface area contributed by atoms with Crippen LogP contribution in [0.25, 0.3) is 0 Å². The minimum atomic E-state index is -0.550. The number of methoxy groups -OCH3 is 1. The molecular formula is C22H27ClFN7O. The van der Waals surface area contributed by atoms with Crippen LogP contribution < -0.4 is 26.0 Å². The average Bonchev–Trinajstić information content (AvgIpc) is 2.76. The second kappa shape index (κ2) is 10.3. The van der Waals surface area contributed by atoms with Crippen molar-refractivity contribution in [3.8, 4) is 5.75 Å². The number of nitrogen functional groups attached to an aromatic ring is 1. The Morgan fingerprint density at radius 2 is 1.72 bits per heavy atom. The van der Waals surface area contributed by atoms with Crippen LogP contribution in [0.5, 0.6) is 5.75 Å². The number of nitrogens with two attached hydrogens (primary N) is 1. The van der Waals surface area contributed by atoms with Gasteiger partial charge in [-0.3, -0.25) is 0 Å². The van der Waals surface area contributed by atoms with Crippen molar-refractivity contribution < 1.29 is 9.13 Å². The molecule has 8 nitrogen and oxygen atoms in total. The van der Waals surface area contributed by atoms with Crippen LogP contribution in [0.1, 0.15) is 0 Å². The molecule has 2 aromatic carbocycles. The van der Waals surface area contributed by atoms with Gasteiger partial charge in [-0.1, -0.05) is 17.7 Å². The Bertz CT molecular complexity index is 1080. The molecule has 1 heterocycles. The van der Waals surface area contributed by atoms with Gasteiger partial charge in [-0.2, -0.15) is 0 Å². The number of rotatable bonds is 9. The zero-order chi connectivity index (χ0) is 23.3. The van der Waals surface area contributed by atoms with E-state index in [1.165, 1.54) is 12.4 Å². The molecular weight excluding hydrogens is 433 g/mol. The van der Waals surface area contributed by atoms with E-state index in [1.807, 2.05) is 27.2 Å². The summed E-state index contributed by atoms with van der Waals surface area (Å²) < 4.78 is 19.8. The molecule has 0 aliphatic rings. The van der Waals surface area contributed by atoms with E-state index in [0.29, 0.717) is 28.8 Å². The predicted molar refractivity (Wildman–Crippen MR) is 129 cm³/mol. The maximum atomic E-state index is 14.2. The van der Waals surface area contributed by atoms with Gasteiger partial charge in [0.15, 0.2) is 5.82 Å². The monoisotopic (exact) mass is 459 g/mol. The van der Waals surface area contributed by atoms with Crippen molar-refractivity contribution in [2.45, 2.75) is 0 Å². The molecule has 0 amide bonds. The first-order chi connectivity index (χ1) is 15.3. The lowest BCUT2D eigenvalue weighted by molar-refractivity contribution is 0.413. The first kappa shape index (κ1) is 23.4. The summed E-state index contributed by atoms with van der Waals surface area (Å²) in [6.07, 6.45) is 1.37. The third-order valence-electron chi connectivity index (χ3n) is 4.79. The topological polar surface area (TPSA) is 91.6 Å². The quantitative estimate of drug-likeness (QED) is 0.407. The molecule has 3 rings (SSSR count). The normalized spacial score (nSPS) is 10.8. The molecule has 4 N–H and O–H groups in total. The van der Waals surface area contributed by atoms with Crippen molar-refractivity contribution in [3.05, 3.63) is 53.6 Å². The van der Waals surface area contributed by atoms with Crippen molar-refractivity contribution in [2.24, 2.45) is 0 Å². The van der Waals surface area contributed by atoms with E-state index in [1.54, 1.807) is 31.4 Å². The number of benzene rings is 2. The Kier molecular flexibility index (Phi) is 7.55. The fourth-order valence-electron chi connectivity index (χ4n) is 3.02. The van der Waals surface area contributed by atoms with Crippen LogP contribution in [0.2, 0.25) is 5.02 Å². The Morgan fingerprint density at radius 3 is 2.38 bits per heavy atom. The maximum Gasteiger partial charge on any atom is 0.165 e. The van der Waals surface area contributed by atoms with Gasteiger partial charge in [0.05, 0.1) is 34.9 Å². The number of hydrogen-bond donors (Lipinski definition) is 3. The fourth-order valence-corrected chi connectivity index (χ4v) is 3.20. The number of ether oxygens (including phenoxy) is 1. The number of nitrogens with one attached hydrogen (secondary N) is 2. The summed E-state index contributed by atoms with van der Waals surface area (Å²) in [5, 5.41) is 6.13. The smallest absolute Gasteiger partial charge is 0.165 e. The van der Waals surface area contributed by atoms with Gasteiger partial charge in [0, 0.05) is 32.3 Å². The molecule has 32 heavy (non-hydrogen) atoms. The van der Waals surface area contributed by atoms with Crippen LogP contribution in [-0.4, -0.2) is 56.2 Å². The highest BCUT2D eigenvalue weighted by Gasteiger charge is 2.14. The third kappa shape index (κ3) is 5.68. The molecule has 0 aliphatic heterocycles. The zero-order valence-corrected chi connectivity index (χ0v) is 19.2. The van der Waals surface area contributed by atoms with Gasteiger partial charge in [0.25, 0.3) is 0 Å². The van der Waals surface area contributed by atoms with Crippen molar-refractivity contribution in [2.75, 3.05) is 62.6 Å². The number of halogens is 2. The average molecular weight is 460 g/mol. The molecule has 0 spiro atoms. The molecule has 0 saturated carbocycles. The van der Waals surface area contributed by atoms with E-state index >= 15 is 0 Å². The molecule has 0 saturated heterocycles. The molecule has 0 atom stereocenters. The Labute approximate surface area is 192 Å². The van der Waals surface area contributed by atoms with Crippen molar-refractivity contribution >= 4 is 46.0 Å². The Hall–Kier alpha value is -3.30. The predicted octanol–water partition coefficient (Wildman–Crippen LogP) is 4.34. The van der Waals surface area contributed by atoms with Crippen LogP contribution in [0.15, 0.2) is 42.7 Å². The van der Waals surface area contributed by atoms with E-state index in [2.05, 4.69) is 30.4 Å². The second-order valence-electron chi connectivity index (χ2n) is 7.48. The number of aromatic nitrogens is 2. The molecule has 0 radical (unpaired) electrons. The van der Waals surface area contributed by atoms with E-state index in [-0.39, 0.29) is 10.7 Å². The third-order valence-corrected chi connectivity index (χ3v) is 5.08. The van der Waals surface area contributed by atoms with E-state index in [9.17, 15) is 4.39 Å². The number of nitrogens with zero attached hydrogens (tertiary/aromatic N) is 4. The van der Waals surface area contributed by atoms with E-state index < -0.39 is 5.82 Å². The van der Waals surface area contributed by atoms with Crippen LogP contribution in [0.4, 0.5) is 38.8 Å². The minimum absolute atomic E-state index is 0.0262. The van der Waals surface area contributed by atoms with Gasteiger partial charge >= 0.3 is 0 Å². The summed E-state index contributed by atoms with van der Waals surface area (Å²) in [6.45, 7) is 1.70. The fraction of sp³-hybridized carbons (Fsp3) is 0.273. The molecule has 0 aliphatic carbocycles. The number of likely N-dealkylation sites (N-methyl/N-ethyl adjacent to an activating group) is 2. The van der Waals surface area contributed by atoms with Crippen molar-refractivity contribution in [3.63, 3.8) is 0 Å². The van der Waals surface area contributed by atoms with Crippen LogP contribution in [0.3, 0.4) is 0 Å². The second-order valence-corrected chi connectivity index (χ2v) is 7.88. The van der Waals surface area contributed by atoms with Crippen molar-refractivity contribution in [1.29, 1.82) is 0 Å². The van der Waals surface area contributed by atoms with Gasteiger partial charge < -0.3 is 30.9 Å². The summed E-state index contributed by atoms with van der Waals surface area (Å²) in [6, 6.07) is 10.0. The van der Waals surface area contributed by atoms with Crippen LogP contribution >= 0.6 is 11.6 Å². The largest absolute Gasteiger partial charge is 0.494 e. The summed E-state index contributed by atoms with van der Waals surface area (Å²) in [4.78, 5) is 12.6. The molecule has 10 heteroatoms. The lowest BCUT2D eigenvalue weighted by Crippen LogP contribution is -2.29. The summed E-state index contributed by atoms with van der Waals surface area (Å²) >= 11 is 5.85.